The fourth-order valence-electron chi connectivity index (χ4n) is 3.83. The largest absolute Gasteiger partial charge is 0.459 e. The van der Waals surface area contributed by atoms with Gasteiger partial charge >= 0.3 is 0 Å². The molecule has 1 saturated heterocycles. The third-order valence-corrected chi connectivity index (χ3v) is 5.12. The zero-order valence-electron chi connectivity index (χ0n) is 16.3. The first-order valence-corrected chi connectivity index (χ1v) is 9.76. The summed E-state index contributed by atoms with van der Waals surface area (Å²) in [6.07, 6.45) is 3.79. The molecule has 0 unspecified atom stereocenters. The van der Waals surface area contributed by atoms with E-state index in [1.165, 1.54) is 12.0 Å². The molecule has 0 saturated carbocycles. The van der Waals surface area contributed by atoms with Crippen LogP contribution in [-0.4, -0.2) is 36.7 Å². The number of carbonyl (C=O) groups excluding carboxylic acids is 1. The predicted molar refractivity (Wildman–Crippen MR) is 110 cm³/mol. The van der Waals surface area contributed by atoms with Gasteiger partial charge in [-0.05, 0) is 63.1 Å². The highest BCUT2D eigenvalue weighted by Gasteiger charge is 2.26. The number of furan rings is 1. The Bertz CT molecular complexity index is 969. The molecule has 1 aliphatic heterocycles. The second-order valence-electron chi connectivity index (χ2n) is 7.10. The summed E-state index contributed by atoms with van der Waals surface area (Å²) >= 11 is 0. The third-order valence-electron chi connectivity index (χ3n) is 5.12. The van der Waals surface area contributed by atoms with Crippen molar-refractivity contribution < 1.29 is 13.9 Å². The Morgan fingerprint density at radius 3 is 3.04 bits per heavy atom. The minimum absolute atomic E-state index is 0.270. The molecule has 0 radical (unpaired) electrons. The van der Waals surface area contributed by atoms with Gasteiger partial charge in [0.15, 0.2) is 5.76 Å². The number of nitrogens with zero attached hydrogens (tertiary/aromatic N) is 2. The summed E-state index contributed by atoms with van der Waals surface area (Å²) in [6, 6.07) is 11.7. The van der Waals surface area contributed by atoms with Crippen LogP contribution in [0.5, 0.6) is 0 Å². The van der Waals surface area contributed by atoms with Crippen LogP contribution >= 0.6 is 0 Å². The average molecular weight is 379 g/mol. The van der Waals surface area contributed by atoms with Crippen LogP contribution in [0.15, 0.2) is 47.1 Å². The molecule has 1 aromatic carbocycles. The summed E-state index contributed by atoms with van der Waals surface area (Å²) in [4.78, 5) is 19.4. The predicted octanol–water partition coefficient (Wildman–Crippen LogP) is 4.39. The Hall–Kier alpha value is -2.86. The third kappa shape index (κ3) is 3.73. The van der Waals surface area contributed by atoms with Crippen molar-refractivity contribution in [2.75, 3.05) is 30.0 Å². The van der Waals surface area contributed by atoms with Crippen molar-refractivity contribution >= 4 is 28.2 Å². The Labute approximate surface area is 164 Å². The van der Waals surface area contributed by atoms with Gasteiger partial charge in [0.1, 0.15) is 0 Å². The van der Waals surface area contributed by atoms with Crippen LogP contribution in [0.3, 0.4) is 0 Å². The Morgan fingerprint density at radius 1 is 1.36 bits per heavy atom. The number of amides is 1. The quantitative estimate of drug-likeness (QED) is 0.688. The lowest BCUT2D eigenvalue weighted by atomic mass is 10.1. The number of rotatable bonds is 6. The van der Waals surface area contributed by atoms with E-state index in [1.54, 1.807) is 12.1 Å². The van der Waals surface area contributed by atoms with Gasteiger partial charge in [0, 0.05) is 35.6 Å². The minimum atomic E-state index is -0.270. The van der Waals surface area contributed by atoms with Gasteiger partial charge in [-0.1, -0.05) is 0 Å². The summed E-state index contributed by atoms with van der Waals surface area (Å²) in [5.41, 5.74) is 3.72. The maximum atomic E-state index is 12.3. The number of aromatic nitrogens is 1. The summed E-state index contributed by atoms with van der Waals surface area (Å²) in [5, 5.41) is 3.96. The van der Waals surface area contributed by atoms with Gasteiger partial charge < -0.3 is 19.4 Å². The van der Waals surface area contributed by atoms with Gasteiger partial charge in [-0.3, -0.25) is 9.78 Å². The zero-order chi connectivity index (χ0) is 19.5. The zero-order valence-corrected chi connectivity index (χ0v) is 16.3. The number of fused-ring (bicyclic) bond motifs is 1. The van der Waals surface area contributed by atoms with Gasteiger partial charge in [0.25, 0.3) is 5.91 Å². The van der Waals surface area contributed by atoms with Gasteiger partial charge in [0.05, 0.1) is 24.4 Å². The molecule has 1 N–H and O–H groups in total. The normalized spacial score (nSPS) is 16.6. The lowest BCUT2D eigenvalue weighted by Gasteiger charge is -2.28. The lowest BCUT2D eigenvalue weighted by Crippen LogP contribution is -2.33. The van der Waals surface area contributed by atoms with Crippen molar-refractivity contribution in [1.29, 1.82) is 0 Å². The minimum Gasteiger partial charge on any atom is -0.459 e. The second kappa shape index (κ2) is 8.02. The molecule has 6 nitrogen and oxygen atoms in total. The molecule has 0 aliphatic carbocycles. The van der Waals surface area contributed by atoms with Gasteiger partial charge in [-0.2, -0.15) is 0 Å². The highest BCUT2D eigenvalue weighted by atomic mass is 16.5. The molecule has 0 spiro atoms. The van der Waals surface area contributed by atoms with Crippen LogP contribution in [0, 0.1) is 6.92 Å². The molecule has 2 aromatic heterocycles. The number of ether oxygens (including phenoxy) is 1. The Balaban J connectivity index is 1.64. The summed E-state index contributed by atoms with van der Waals surface area (Å²) in [6.45, 7) is 6.54. The molecular weight excluding hydrogens is 354 g/mol. The van der Waals surface area contributed by atoms with Crippen LogP contribution < -0.4 is 10.2 Å². The van der Waals surface area contributed by atoms with Gasteiger partial charge in [-0.15, -0.1) is 0 Å². The van der Waals surface area contributed by atoms with Crippen molar-refractivity contribution in [3.05, 3.63) is 54.1 Å². The molecule has 3 heterocycles. The molecule has 4 rings (SSSR count). The fraction of sp³-hybridized carbons (Fsp3) is 0.364. The summed E-state index contributed by atoms with van der Waals surface area (Å²) in [7, 11) is 0. The number of carbonyl (C=O) groups is 1. The van der Waals surface area contributed by atoms with Crippen molar-refractivity contribution in [2.45, 2.75) is 32.7 Å². The van der Waals surface area contributed by atoms with Gasteiger partial charge in [0.2, 0.25) is 0 Å². The number of anilines is 2. The number of nitrogens with one attached hydrogen (secondary N) is 1. The number of hydrogen-bond donors (Lipinski definition) is 1. The smallest absolute Gasteiger partial charge is 0.291 e. The number of pyridine rings is 1. The Kier molecular flexibility index (Phi) is 5.30. The molecular formula is C22H25N3O3. The SMILES string of the molecule is CCOC[C@@H]1CCCN1c1cc(C)nc2cc(NC(=O)c3ccco3)ccc12. The summed E-state index contributed by atoms with van der Waals surface area (Å²) in [5.74, 6) is 0.0161. The second-order valence-corrected chi connectivity index (χ2v) is 7.10. The van der Waals surface area contributed by atoms with Crippen LogP contribution in [0.2, 0.25) is 0 Å². The highest BCUT2D eigenvalue weighted by Crippen LogP contribution is 2.33. The lowest BCUT2D eigenvalue weighted by molar-refractivity contribution is 0.0996. The Morgan fingerprint density at radius 2 is 2.25 bits per heavy atom. The maximum absolute atomic E-state index is 12.3. The highest BCUT2D eigenvalue weighted by molar-refractivity contribution is 6.04. The monoisotopic (exact) mass is 379 g/mol. The van der Waals surface area contributed by atoms with Crippen LogP contribution in [0.25, 0.3) is 10.9 Å². The standard InChI is InChI=1S/C22H25N3O3/c1-3-27-14-17-6-4-10-25(17)20-12-15(2)23-19-13-16(8-9-18(19)20)24-22(26)21-7-5-11-28-21/h5,7-9,11-13,17H,3-4,6,10,14H2,1-2H3,(H,24,26)/t17-/m0/s1. The molecule has 3 aromatic rings. The molecule has 1 amide bonds. The van der Waals surface area contributed by atoms with E-state index in [0.717, 1.165) is 49.2 Å². The number of hydrogen-bond acceptors (Lipinski definition) is 5. The fourth-order valence-corrected chi connectivity index (χ4v) is 3.83. The van der Waals surface area contributed by atoms with E-state index in [-0.39, 0.29) is 11.7 Å². The molecule has 0 bridgehead atoms. The van der Waals surface area contributed by atoms with E-state index in [9.17, 15) is 4.79 Å². The van der Waals surface area contributed by atoms with E-state index in [1.807, 2.05) is 32.0 Å². The molecule has 6 heteroatoms. The van der Waals surface area contributed by atoms with Gasteiger partial charge in [-0.25, -0.2) is 0 Å². The molecule has 28 heavy (non-hydrogen) atoms. The number of aryl methyl sites for hydroxylation is 1. The van der Waals surface area contributed by atoms with Crippen LogP contribution in [0.1, 0.15) is 36.0 Å². The topological polar surface area (TPSA) is 67.6 Å². The first-order chi connectivity index (χ1) is 13.7. The first-order valence-electron chi connectivity index (χ1n) is 9.76. The number of benzene rings is 1. The molecule has 1 atom stereocenters. The van der Waals surface area contributed by atoms with Crippen molar-refractivity contribution in [2.24, 2.45) is 0 Å². The maximum Gasteiger partial charge on any atom is 0.291 e. The van der Waals surface area contributed by atoms with Crippen molar-refractivity contribution in [1.82, 2.24) is 4.98 Å². The van der Waals surface area contributed by atoms with Crippen LogP contribution in [-0.2, 0) is 4.74 Å². The van der Waals surface area contributed by atoms with E-state index in [4.69, 9.17) is 14.1 Å². The van der Waals surface area contributed by atoms with E-state index < -0.39 is 0 Å². The van der Waals surface area contributed by atoms with E-state index in [2.05, 4.69) is 16.3 Å². The van der Waals surface area contributed by atoms with E-state index in [0.29, 0.717) is 11.7 Å². The first kappa shape index (κ1) is 18.5. The van der Waals surface area contributed by atoms with E-state index >= 15 is 0 Å². The molecule has 146 valence electrons. The van der Waals surface area contributed by atoms with Crippen LogP contribution in [0.4, 0.5) is 11.4 Å². The molecule has 1 aliphatic rings. The van der Waals surface area contributed by atoms with Crippen molar-refractivity contribution in [3.63, 3.8) is 0 Å². The molecule has 1 fully saturated rings. The summed E-state index contributed by atoms with van der Waals surface area (Å²) < 4.78 is 10.9. The average Bonchev–Trinajstić information content (AvgIpc) is 3.37. The van der Waals surface area contributed by atoms with Crippen molar-refractivity contribution in [3.8, 4) is 0 Å².